The van der Waals surface area contributed by atoms with Crippen molar-refractivity contribution in [2.24, 2.45) is 0 Å². The fraction of sp³-hybridized carbons (Fsp3) is 0.250. The second-order valence-electron chi connectivity index (χ2n) is 7.79. The zero-order valence-corrected chi connectivity index (χ0v) is 19.1. The highest BCUT2D eigenvalue weighted by Crippen LogP contribution is 2.29. The molecule has 5 rings (SSSR count). The van der Waals surface area contributed by atoms with Gasteiger partial charge in [-0.25, -0.2) is 4.98 Å². The Balaban J connectivity index is 1.42. The number of hydrogen-bond donors (Lipinski definition) is 0. The maximum absolute atomic E-state index is 13.6. The van der Waals surface area contributed by atoms with Crippen LogP contribution in [0.5, 0.6) is 5.75 Å². The molecule has 0 unspecified atom stereocenters. The molecule has 0 N–H and O–H groups in total. The predicted molar refractivity (Wildman–Crippen MR) is 125 cm³/mol. The largest absolute Gasteiger partial charge is 0.497 e. The van der Waals surface area contributed by atoms with E-state index < -0.39 is 0 Å². The summed E-state index contributed by atoms with van der Waals surface area (Å²) in [6.07, 6.45) is 0. The van der Waals surface area contributed by atoms with Crippen molar-refractivity contribution in [1.29, 1.82) is 0 Å². The average Bonchev–Trinajstić information content (AvgIpc) is 3.53. The fourth-order valence-corrected chi connectivity index (χ4v) is 4.70. The van der Waals surface area contributed by atoms with Crippen LogP contribution < -0.4 is 4.74 Å². The number of rotatable bonds is 4. The van der Waals surface area contributed by atoms with Gasteiger partial charge in [-0.3, -0.25) is 9.59 Å². The quantitative estimate of drug-likeness (QED) is 0.458. The first kappa shape index (κ1) is 21.1. The lowest BCUT2D eigenvalue weighted by Crippen LogP contribution is -2.50. The minimum Gasteiger partial charge on any atom is -0.497 e. The lowest BCUT2D eigenvalue weighted by Gasteiger charge is -2.34. The Hall–Kier alpha value is -3.72. The molecular formula is C24H22N4O4S. The van der Waals surface area contributed by atoms with Gasteiger partial charge in [-0.15, -0.1) is 11.3 Å². The number of thiophene rings is 1. The molecule has 0 saturated carbocycles. The molecule has 3 aromatic heterocycles. The number of amides is 2. The molecule has 4 heterocycles. The van der Waals surface area contributed by atoms with Crippen LogP contribution in [0.1, 0.15) is 25.7 Å². The molecule has 1 aromatic carbocycles. The van der Waals surface area contributed by atoms with Gasteiger partial charge in [0.25, 0.3) is 17.5 Å². The minimum atomic E-state index is -0.119. The highest BCUT2D eigenvalue weighted by molar-refractivity contribution is 7.12. The van der Waals surface area contributed by atoms with E-state index in [1.54, 1.807) is 29.9 Å². The smallest absolute Gasteiger partial charge is 0.264 e. The van der Waals surface area contributed by atoms with Crippen molar-refractivity contribution in [1.82, 2.24) is 19.9 Å². The summed E-state index contributed by atoms with van der Waals surface area (Å²) >= 11 is 1.43. The van der Waals surface area contributed by atoms with Crippen LogP contribution in [-0.2, 0) is 0 Å². The maximum atomic E-state index is 13.6. The van der Waals surface area contributed by atoms with E-state index in [4.69, 9.17) is 9.26 Å². The van der Waals surface area contributed by atoms with Crippen LogP contribution in [0.4, 0.5) is 0 Å². The molecule has 0 radical (unpaired) electrons. The molecule has 8 nitrogen and oxygen atoms in total. The highest BCUT2D eigenvalue weighted by atomic mass is 32.1. The van der Waals surface area contributed by atoms with Crippen LogP contribution >= 0.6 is 11.3 Å². The molecule has 2 amide bonds. The molecular weight excluding hydrogens is 440 g/mol. The van der Waals surface area contributed by atoms with Crippen LogP contribution in [0.15, 0.2) is 52.4 Å². The summed E-state index contributed by atoms with van der Waals surface area (Å²) in [4.78, 5) is 35.1. The second-order valence-corrected chi connectivity index (χ2v) is 8.74. The van der Waals surface area contributed by atoms with E-state index >= 15 is 0 Å². The summed E-state index contributed by atoms with van der Waals surface area (Å²) in [5, 5.41) is 6.54. The van der Waals surface area contributed by atoms with Gasteiger partial charge >= 0.3 is 0 Å². The van der Waals surface area contributed by atoms with Crippen molar-refractivity contribution < 1.29 is 18.8 Å². The predicted octanol–water partition coefficient (Wildman–Crippen LogP) is 3.87. The van der Waals surface area contributed by atoms with Crippen molar-refractivity contribution in [3.8, 4) is 17.0 Å². The van der Waals surface area contributed by atoms with Gasteiger partial charge < -0.3 is 19.1 Å². The molecule has 0 bridgehead atoms. The van der Waals surface area contributed by atoms with E-state index in [1.807, 2.05) is 41.8 Å². The van der Waals surface area contributed by atoms with Crippen LogP contribution in [0.3, 0.4) is 0 Å². The number of carbonyl (C=O) groups excluding carboxylic acids is 2. The lowest BCUT2D eigenvalue weighted by atomic mass is 10.0. The molecule has 168 valence electrons. The Morgan fingerprint density at radius 2 is 1.73 bits per heavy atom. The van der Waals surface area contributed by atoms with Crippen LogP contribution in [-0.4, -0.2) is 65.0 Å². The second kappa shape index (κ2) is 8.67. The lowest BCUT2D eigenvalue weighted by molar-refractivity contribution is 0.0539. The highest BCUT2D eigenvalue weighted by Gasteiger charge is 2.28. The number of ether oxygens (including phenoxy) is 1. The first-order valence-electron chi connectivity index (χ1n) is 10.6. The van der Waals surface area contributed by atoms with Gasteiger partial charge in [0.1, 0.15) is 5.75 Å². The molecule has 0 aliphatic carbocycles. The SMILES string of the molecule is COc1ccc(-c2cc(C(=O)N3CCN(C(=O)c4cccs4)CC3)c3c(C)noc3n2)cc1. The summed E-state index contributed by atoms with van der Waals surface area (Å²) in [6.45, 7) is 3.70. The van der Waals surface area contributed by atoms with Gasteiger partial charge in [-0.05, 0) is 48.7 Å². The Bertz CT molecular complexity index is 1310. The number of fused-ring (bicyclic) bond motifs is 1. The zero-order chi connectivity index (χ0) is 22.9. The number of benzene rings is 1. The van der Waals surface area contributed by atoms with E-state index in [1.165, 1.54) is 11.3 Å². The van der Waals surface area contributed by atoms with Gasteiger partial charge in [-0.1, -0.05) is 11.2 Å². The Kier molecular flexibility index (Phi) is 5.55. The summed E-state index contributed by atoms with van der Waals surface area (Å²) < 4.78 is 10.6. The minimum absolute atomic E-state index is 0.0140. The van der Waals surface area contributed by atoms with Crippen molar-refractivity contribution in [2.45, 2.75) is 6.92 Å². The monoisotopic (exact) mass is 462 g/mol. The van der Waals surface area contributed by atoms with Gasteiger partial charge in [0, 0.05) is 31.7 Å². The van der Waals surface area contributed by atoms with Crippen molar-refractivity contribution in [3.63, 3.8) is 0 Å². The average molecular weight is 463 g/mol. The Morgan fingerprint density at radius 1 is 1.03 bits per heavy atom. The molecule has 9 heteroatoms. The molecule has 1 aliphatic rings. The molecule has 0 atom stereocenters. The number of aryl methyl sites for hydroxylation is 1. The Morgan fingerprint density at radius 3 is 2.36 bits per heavy atom. The first-order chi connectivity index (χ1) is 16.0. The fourth-order valence-electron chi connectivity index (χ4n) is 4.01. The molecule has 1 saturated heterocycles. The van der Waals surface area contributed by atoms with E-state index in [-0.39, 0.29) is 11.8 Å². The number of carbonyl (C=O) groups is 2. The number of nitrogens with zero attached hydrogens (tertiary/aromatic N) is 4. The van der Waals surface area contributed by atoms with E-state index in [2.05, 4.69) is 10.1 Å². The molecule has 1 aliphatic heterocycles. The van der Waals surface area contributed by atoms with E-state index in [0.29, 0.717) is 54.2 Å². The topological polar surface area (TPSA) is 88.8 Å². The van der Waals surface area contributed by atoms with Gasteiger partial charge in [0.05, 0.1) is 34.3 Å². The third-order valence-corrected chi connectivity index (χ3v) is 6.68. The zero-order valence-electron chi connectivity index (χ0n) is 18.3. The third kappa shape index (κ3) is 3.95. The number of aromatic nitrogens is 2. The summed E-state index contributed by atoms with van der Waals surface area (Å²) in [5.74, 6) is 0.633. The summed E-state index contributed by atoms with van der Waals surface area (Å²) in [7, 11) is 1.61. The number of methoxy groups -OCH3 is 1. The van der Waals surface area contributed by atoms with Crippen molar-refractivity contribution in [3.05, 3.63) is 64.0 Å². The Labute approximate surface area is 194 Å². The van der Waals surface area contributed by atoms with Crippen molar-refractivity contribution in [2.75, 3.05) is 33.3 Å². The normalized spacial score (nSPS) is 14.0. The summed E-state index contributed by atoms with van der Waals surface area (Å²) in [5.41, 5.74) is 2.91. The van der Waals surface area contributed by atoms with Crippen molar-refractivity contribution >= 4 is 34.3 Å². The van der Waals surface area contributed by atoms with Crippen LogP contribution in [0.2, 0.25) is 0 Å². The summed E-state index contributed by atoms with van der Waals surface area (Å²) in [6, 6.07) is 13.0. The van der Waals surface area contributed by atoms with E-state index in [0.717, 1.165) is 16.2 Å². The van der Waals surface area contributed by atoms with E-state index in [9.17, 15) is 9.59 Å². The maximum Gasteiger partial charge on any atom is 0.264 e. The number of pyridine rings is 1. The number of piperazine rings is 1. The first-order valence-corrected chi connectivity index (χ1v) is 11.5. The third-order valence-electron chi connectivity index (χ3n) is 5.82. The number of hydrogen-bond acceptors (Lipinski definition) is 7. The van der Waals surface area contributed by atoms with Gasteiger partial charge in [-0.2, -0.15) is 0 Å². The van der Waals surface area contributed by atoms with Gasteiger partial charge in [0.15, 0.2) is 0 Å². The molecule has 4 aromatic rings. The van der Waals surface area contributed by atoms with Gasteiger partial charge in [0.2, 0.25) is 0 Å². The molecule has 0 spiro atoms. The van der Waals surface area contributed by atoms with Crippen LogP contribution in [0.25, 0.3) is 22.4 Å². The molecule has 33 heavy (non-hydrogen) atoms. The standard InChI is InChI=1S/C24H22N4O4S/c1-15-21-18(14-19(25-22(21)32-26-15)16-5-7-17(31-2)8-6-16)23(29)27-9-11-28(12-10-27)24(30)20-4-3-13-33-20/h3-8,13-14H,9-12H2,1-2H3. The molecule has 1 fully saturated rings. The van der Waals surface area contributed by atoms with Crippen LogP contribution in [0, 0.1) is 6.92 Å².